The summed E-state index contributed by atoms with van der Waals surface area (Å²) >= 11 is 1.35. The quantitative estimate of drug-likeness (QED) is 0.225. The van der Waals surface area contributed by atoms with E-state index in [1.54, 1.807) is 12.1 Å². The molecule has 0 saturated carbocycles. The van der Waals surface area contributed by atoms with Crippen molar-refractivity contribution >= 4 is 28.8 Å². The first kappa shape index (κ1) is 28.2. The molecule has 2 aromatic heterocycles. The van der Waals surface area contributed by atoms with Gasteiger partial charge >= 0.3 is 6.36 Å². The first-order chi connectivity index (χ1) is 17.6. The molecule has 1 amide bonds. The minimum Gasteiger partial charge on any atom is -0.406 e. The molecule has 1 N–H and O–H groups in total. The van der Waals surface area contributed by atoms with Gasteiger partial charge in [-0.15, -0.1) is 28.5 Å². The SMILES string of the molecule is CC(C)CCC(=O)c1nnc(CCCCc2ccc(NC(=O)Cc3cccc(OC(F)(F)F)c3)nn2)s1. The number of amides is 1. The van der Waals surface area contributed by atoms with Gasteiger partial charge in [-0.2, -0.15) is 5.10 Å². The predicted molar refractivity (Wildman–Crippen MR) is 132 cm³/mol. The van der Waals surface area contributed by atoms with Crippen LogP contribution in [-0.4, -0.2) is 38.4 Å². The van der Waals surface area contributed by atoms with Gasteiger partial charge in [0.15, 0.2) is 16.6 Å². The zero-order valence-corrected chi connectivity index (χ0v) is 21.4. The average molecular weight is 536 g/mol. The number of halogens is 3. The summed E-state index contributed by atoms with van der Waals surface area (Å²) in [6.07, 6.45) is -0.503. The molecule has 0 atom stereocenters. The van der Waals surface area contributed by atoms with Crippen molar-refractivity contribution < 1.29 is 27.5 Å². The van der Waals surface area contributed by atoms with Gasteiger partial charge in [0.05, 0.1) is 12.1 Å². The molecule has 0 aliphatic carbocycles. The maximum Gasteiger partial charge on any atom is 0.573 e. The largest absolute Gasteiger partial charge is 0.573 e. The van der Waals surface area contributed by atoms with Crippen molar-refractivity contribution in [2.45, 2.75) is 65.2 Å². The Labute approximate surface area is 216 Å². The number of aromatic nitrogens is 4. The lowest BCUT2D eigenvalue weighted by Crippen LogP contribution is -2.18. The molecule has 0 unspecified atom stereocenters. The molecule has 0 aliphatic rings. The molecule has 2 heterocycles. The zero-order valence-electron chi connectivity index (χ0n) is 20.5. The van der Waals surface area contributed by atoms with Crippen LogP contribution in [0.2, 0.25) is 0 Å². The third-order valence-electron chi connectivity index (χ3n) is 5.21. The van der Waals surface area contributed by atoms with Crippen LogP contribution in [0.15, 0.2) is 36.4 Å². The number of ketones is 1. The standard InChI is InChI=1S/C25H28F3N5O3S/c1-16(2)10-12-20(34)24-33-32-23(37-24)9-4-3-7-18-11-13-21(31-30-18)29-22(35)15-17-6-5-8-19(14-17)36-25(26,27)28/h5-6,8,11,13-14,16H,3-4,7,9-10,12,15H2,1-2H3,(H,29,31,35). The fourth-order valence-electron chi connectivity index (χ4n) is 3.36. The molecule has 198 valence electrons. The number of hydrogen-bond acceptors (Lipinski definition) is 8. The van der Waals surface area contributed by atoms with E-state index < -0.39 is 12.3 Å². The molecular weight excluding hydrogens is 507 g/mol. The highest BCUT2D eigenvalue weighted by Gasteiger charge is 2.31. The molecule has 12 heteroatoms. The van der Waals surface area contributed by atoms with Crippen LogP contribution in [0, 0.1) is 5.92 Å². The van der Waals surface area contributed by atoms with E-state index in [1.165, 1.54) is 29.5 Å². The van der Waals surface area contributed by atoms with Crippen molar-refractivity contribution in [2.75, 3.05) is 5.32 Å². The van der Waals surface area contributed by atoms with Gasteiger partial charge in [-0.05, 0) is 61.4 Å². The van der Waals surface area contributed by atoms with Crippen LogP contribution in [0.1, 0.15) is 65.6 Å². The second-order valence-electron chi connectivity index (χ2n) is 8.89. The van der Waals surface area contributed by atoms with Crippen LogP contribution in [0.3, 0.4) is 0 Å². The molecule has 8 nitrogen and oxygen atoms in total. The number of aryl methyl sites for hydroxylation is 2. The predicted octanol–water partition coefficient (Wildman–Crippen LogP) is 5.59. The van der Waals surface area contributed by atoms with Crippen LogP contribution in [0.25, 0.3) is 0 Å². The third kappa shape index (κ3) is 10.2. The minimum atomic E-state index is -4.80. The van der Waals surface area contributed by atoms with E-state index in [4.69, 9.17) is 0 Å². The summed E-state index contributed by atoms with van der Waals surface area (Å²) < 4.78 is 41.0. The Bertz CT molecular complexity index is 1180. The molecule has 0 aliphatic heterocycles. The molecule has 3 aromatic rings. The molecule has 0 saturated heterocycles. The third-order valence-corrected chi connectivity index (χ3v) is 6.24. The number of Topliss-reactive ketones (excluding diaryl/α,β-unsaturated/α-hetero) is 1. The van der Waals surface area contributed by atoms with Gasteiger partial charge in [-0.3, -0.25) is 9.59 Å². The number of unbranched alkanes of at least 4 members (excludes halogenated alkanes) is 1. The van der Waals surface area contributed by atoms with E-state index in [2.05, 4.69) is 44.3 Å². The van der Waals surface area contributed by atoms with E-state index in [1.807, 2.05) is 0 Å². The first-order valence-electron chi connectivity index (χ1n) is 11.9. The number of ether oxygens (including phenoxy) is 1. The van der Waals surface area contributed by atoms with E-state index in [-0.39, 0.29) is 23.8 Å². The number of nitrogens with one attached hydrogen (secondary N) is 1. The van der Waals surface area contributed by atoms with E-state index >= 15 is 0 Å². The van der Waals surface area contributed by atoms with E-state index in [0.29, 0.717) is 29.3 Å². The van der Waals surface area contributed by atoms with Gasteiger partial charge in [-0.1, -0.05) is 37.3 Å². The molecule has 3 rings (SSSR count). The van der Waals surface area contributed by atoms with Crippen molar-refractivity contribution in [3.63, 3.8) is 0 Å². The van der Waals surface area contributed by atoms with Crippen LogP contribution in [-0.2, 0) is 24.1 Å². The Morgan fingerprint density at radius 1 is 1.03 bits per heavy atom. The molecule has 1 aromatic carbocycles. The van der Waals surface area contributed by atoms with Crippen molar-refractivity contribution in [1.29, 1.82) is 0 Å². The number of carbonyl (C=O) groups is 2. The van der Waals surface area contributed by atoms with Crippen LogP contribution >= 0.6 is 11.3 Å². The summed E-state index contributed by atoms with van der Waals surface area (Å²) in [4.78, 5) is 24.4. The van der Waals surface area contributed by atoms with Crippen molar-refractivity contribution in [3.8, 4) is 5.75 Å². The lowest BCUT2D eigenvalue weighted by molar-refractivity contribution is -0.274. The Morgan fingerprint density at radius 3 is 2.51 bits per heavy atom. The summed E-state index contributed by atoms with van der Waals surface area (Å²) in [5.74, 6) is -0.0597. The number of carbonyl (C=O) groups excluding carboxylic acids is 2. The number of nitrogens with zero attached hydrogens (tertiary/aromatic N) is 4. The van der Waals surface area contributed by atoms with Crippen molar-refractivity contribution in [1.82, 2.24) is 20.4 Å². The number of rotatable bonds is 13. The van der Waals surface area contributed by atoms with Gasteiger partial charge in [-0.25, -0.2) is 0 Å². The van der Waals surface area contributed by atoms with Gasteiger partial charge in [0.2, 0.25) is 5.91 Å². The van der Waals surface area contributed by atoms with Gasteiger partial charge in [0.25, 0.3) is 0 Å². The molecular formula is C25H28F3N5O3S. The zero-order chi connectivity index (χ0) is 26.8. The van der Waals surface area contributed by atoms with Gasteiger partial charge in [0.1, 0.15) is 10.8 Å². The molecule has 0 bridgehead atoms. The Kier molecular flexibility index (Phi) is 10.1. The summed E-state index contributed by atoms with van der Waals surface area (Å²) in [6, 6.07) is 8.63. The molecule has 0 fully saturated rings. The fourth-order valence-corrected chi connectivity index (χ4v) is 4.21. The van der Waals surface area contributed by atoms with Gasteiger partial charge < -0.3 is 10.1 Å². The first-order valence-corrected chi connectivity index (χ1v) is 12.7. The molecule has 0 spiro atoms. The van der Waals surface area contributed by atoms with Crippen LogP contribution in [0.4, 0.5) is 19.0 Å². The summed E-state index contributed by atoms with van der Waals surface area (Å²) in [7, 11) is 0. The average Bonchev–Trinajstić information content (AvgIpc) is 3.29. The molecule has 0 radical (unpaired) electrons. The Balaban J connectivity index is 1.39. The summed E-state index contributed by atoms with van der Waals surface area (Å²) in [5, 5.41) is 20.2. The second-order valence-corrected chi connectivity index (χ2v) is 9.96. The van der Waals surface area contributed by atoms with E-state index in [0.717, 1.165) is 42.5 Å². The second kappa shape index (κ2) is 13.2. The normalized spacial score (nSPS) is 11.5. The van der Waals surface area contributed by atoms with Gasteiger partial charge in [0, 0.05) is 12.8 Å². The number of benzene rings is 1. The number of anilines is 1. The van der Waals surface area contributed by atoms with E-state index in [9.17, 15) is 22.8 Å². The van der Waals surface area contributed by atoms with Crippen molar-refractivity contribution in [3.05, 3.63) is 57.7 Å². The highest BCUT2D eigenvalue weighted by Crippen LogP contribution is 2.23. The van der Waals surface area contributed by atoms with Crippen molar-refractivity contribution in [2.24, 2.45) is 5.92 Å². The topological polar surface area (TPSA) is 107 Å². The highest BCUT2D eigenvalue weighted by molar-refractivity contribution is 7.13. The Morgan fingerprint density at radius 2 is 1.81 bits per heavy atom. The monoisotopic (exact) mass is 535 g/mol. The highest BCUT2D eigenvalue weighted by atomic mass is 32.1. The maximum absolute atomic E-state index is 12.4. The minimum absolute atomic E-state index is 0.0453. The Hall–Kier alpha value is -3.41. The molecule has 37 heavy (non-hydrogen) atoms. The summed E-state index contributed by atoms with van der Waals surface area (Å²) in [6.45, 7) is 4.16. The number of alkyl halides is 3. The smallest absolute Gasteiger partial charge is 0.406 e. The maximum atomic E-state index is 12.4. The number of hydrogen-bond donors (Lipinski definition) is 1. The lowest BCUT2D eigenvalue weighted by atomic mass is 10.1. The van der Waals surface area contributed by atoms with Crippen LogP contribution in [0.5, 0.6) is 5.75 Å². The fraction of sp³-hybridized carbons (Fsp3) is 0.440. The van der Waals surface area contributed by atoms with Crippen LogP contribution < -0.4 is 10.1 Å². The summed E-state index contributed by atoms with van der Waals surface area (Å²) in [5.41, 5.74) is 1.13. The lowest BCUT2D eigenvalue weighted by Gasteiger charge is -2.10.